The van der Waals surface area contributed by atoms with Crippen LogP contribution in [0.3, 0.4) is 0 Å². The van der Waals surface area contributed by atoms with Gasteiger partial charge in [-0.15, -0.1) is 0 Å². The summed E-state index contributed by atoms with van der Waals surface area (Å²) in [5.74, 6) is -1.71. The Kier molecular flexibility index (Phi) is 5.31. The number of amides is 1. The zero-order valence-electron chi connectivity index (χ0n) is 9.65. The van der Waals surface area contributed by atoms with Crippen molar-refractivity contribution < 1.29 is 19.5 Å². The van der Waals surface area contributed by atoms with Crippen LogP contribution in [0.5, 0.6) is 0 Å². The molecule has 0 aromatic heterocycles. The molecule has 5 nitrogen and oxygen atoms in total. The third-order valence-electron chi connectivity index (χ3n) is 2.19. The number of carbonyl (C=O) groups excluding carboxylic acids is 2. The second kappa shape index (κ2) is 7.01. The molecular formula is C13H13NO4. The summed E-state index contributed by atoms with van der Waals surface area (Å²) in [4.78, 5) is 33.8. The second-order valence-corrected chi connectivity index (χ2v) is 3.54. The first-order valence-corrected chi connectivity index (χ1v) is 5.31. The highest BCUT2D eigenvalue weighted by molar-refractivity contribution is 5.94. The van der Waals surface area contributed by atoms with Crippen LogP contribution >= 0.6 is 0 Å². The highest BCUT2D eigenvalue weighted by Gasteiger charge is 2.10. The molecule has 5 heteroatoms. The van der Waals surface area contributed by atoms with Crippen molar-refractivity contribution in [2.75, 3.05) is 6.54 Å². The molecule has 0 saturated carbocycles. The monoisotopic (exact) mass is 247 g/mol. The van der Waals surface area contributed by atoms with E-state index in [9.17, 15) is 14.4 Å². The number of carboxylic acid groups (broad SMARTS) is 1. The van der Waals surface area contributed by atoms with E-state index >= 15 is 0 Å². The van der Waals surface area contributed by atoms with Crippen molar-refractivity contribution >= 4 is 18.2 Å². The van der Waals surface area contributed by atoms with Gasteiger partial charge in [-0.3, -0.25) is 4.79 Å². The SMILES string of the molecule is O=CCN(Cc1ccccc1)C(=O)/C=C\C(=O)O. The summed E-state index contributed by atoms with van der Waals surface area (Å²) in [6, 6.07) is 9.15. The maximum absolute atomic E-state index is 11.7. The van der Waals surface area contributed by atoms with E-state index in [1.807, 2.05) is 30.3 Å². The number of benzene rings is 1. The highest BCUT2D eigenvalue weighted by Crippen LogP contribution is 2.04. The zero-order chi connectivity index (χ0) is 13.4. The summed E-state index contributed by atoms with van der Waals surface area (Å²) in [5.41, 5.74) is 0.872. The molecule has 1 aromatic carbocycles. The van der Waals surface area contributed by atoms with Gasteiger partial charge in [0.15, 0.2) is 0 Å². The smallest absolute Gasteiger partial charge is 0.328 e. The van der Waals surface area contributed by atoms with E-state index in [2.05, 4.69) is 0 Å². The summed E-state index contributed by atoms with van der Waals surface area (Å²) < 4.78 is 0. The molecule has 18 heavy (non-hydrogen) atoms. The van der Waals surface area contributed by atoms with Gasteiger partial charge in [-0.25, -0.2) is 4.79 Å². The van der Waals surface area contributed by atoms with Gasteiger partial charge in [0.05, 0.1) is 6.54 Å². The lowest BCUT2D eigenvalue weighted by atomic mass is 10.2. The molecule has 94 valence electrons. The topological polar surface area (TPSA) is 74.7 Å². The molecule has 0 unspecified atom stereocenters. The van der Waals surface area contributed by atoms with Crippen LogP contribution in [0.1, 0.15) is 5.56 Å². The molecule has 0 saturated heterocycles. The van der Waals surface area contributed by atoms with E-state index in [1.165, 1.54) is 4.90 Å². The minimum Gasteiger partial charge on any atom is -0.478 e. The highest BCUT2D eigenvalue weighted by atomic mass is 16.4. The van der Waals surface area contributed by atoms with Crippen LogP contribution in [-0.2, 0) is 20.9 Å². The maximum Gasteiger partial charge on any atom is 0.328 e. The molecule has 0 radical (unpaired) electrons. The van der Waals surface area contributed by atoms with Gasteiger partial charge in [-0.05, 0) is 5.56 Å². The number of hydrogen-bond acceptors (Lipinski definition) is 3. The Labute approximate surface area is 104 Å². The Balaban J connectivity index is 2.73. The first kappa shape index (κ1) is 13.6. The Hall–Kier alpha value is -2.43. The Morgan fingerprint density at radius 1 is 1.17 bits per heavy atom. The molecular weight excluding hydrogens is 234 g/mol. The van der Waals surface area contributed by atoms with Crippen LogP contribution in [0.4, 0.5) is 0 Å². The van der Waals surface area contributed by atoms with E-state index in [4.69, 9.17) is 5.11 Å². The molecule has 1 amide bonds. The lowest BCUT2D eigenvalue weighted by molar-refractivity contribution is -0.132. The van der Waals surface area contributed by atoms with Crippen molar-refractivity contribution in [1.29, 1.82) is 0 Å². The summed E-state index contributed by atoms with van der Waals surface area (Å²) in [6.45, 7) is 0.195. The van der Waals surface area contributed by atoms with Crippen molar-refractivity contribution in [2.24, 2.45) is 0 Å². The van der Waals surface area contributed by atoms with Gasteiger partial charge in [0.1, 0.15) is 6.29 Å². The molecule has 1 N–H and O–H groups in total. The van der Waals surface area contributed by atoms with Crippen LogP contribution in [-0.4, -0.2) is 34.7 Å². The van der Waals surface area contributed by atoms with Gasteiger partial charge in [-0.1, -0.05) is 30.3 Å². The predicted molar refractivity (Wildman–Crippen MR) is 64.7 cm³/mol. The zero-order valence-corrected chi connectivity index (χ0v) is 9.65. The molecule has 0 bridgehead atoms. The van der Waals surface area contributed by atoms with Crippen LogP contribution in [0.25, 0.3) is 0 Å². The molecule has 0 fully saturated rings. The normalized spacial score (nSPS) is 10.2. The number of nitrogens with zero attached hydrogens (tertiary/aromatic N) is 1. The number of carboxylic acids is 1. The molecule has 1 aromatic rings. The fourth-order valence-corrected chi connectivity index (χ4v) is 1.37. The summed E-state index contributed by atoms with van der Waals surface area (Å²) in [5, 5.41) is 8.44. The van der Waals surface area contributed by atoms with Gasteiger partial charge >= 0.3 is 5.97 Å². The molecule has 0 spiro atoms. The minimum absolute atomic E-state index is 0.0717. The predicted octanol–water partition coefficient (Wildman–Crippen LogP) is 0.855. The van der Waals surface area contributed by atoms with E-state index in [0.29, 0.717) is 6.29 Å². The Bertz CT molecular complexity index is 453. The minimum atomic E-state index is -1.20. The van der Waals surface area contributed by atoms with Crippen molar-refractivity contribution in [3.8, 4) is 0 Å². The number of rotatable bonds is 6. The van der Waals surface area contributed by atoms with E-state index in [0.717, 1.165) is 17.7 Å². The average Bonchev–Trinajstić information content (AvgIpc) is 2.36. The fourth-order valence-electron chi connectivity index (χ4n) is 1.37. The van der Waals surface area contributed by atoms with Crippen LogP contribution in [0.15, 0.2) is 42.5 Å². The molecule has 0 aliphatic rings. The molecule has 0 aliphatic heterocycles. The number of hydrogen-bond donors (Lipinski definition) is 1. The van der Waals surface area contributed by atoms with Gasteiger partial charge in [0.25, 0.3) is 0 Å². The van der Waals surface area contributed by atoms with Gasteiger partial charge in [0.2, 0.25) is 5.91 Å². The maximum atomic E-state index is 11.7. The number of carbonyl (C=O) groups is 3. The van der Waals surface area contributed by atoms with E-state index in [-0.39, 0.29) is 13.1 Å². The van der Waals surface area contributed by atoms with Gasteiger partial charge in [0, 0.05) is 18.7 Å². The third kappa shape index (κ3) is 4.61. The van der Waals surface area contributed by atoms with Crippen LogP contribution in [0, 0.1) is 0 Å². The standard InChI is InChI=1S/C13H13NO4/c15-9-8-14(12(16)6-7-13(17)18)10-11-4-2-1-3-5-11/h1-7,9H,8,10H2,(H,17,18)/b7-6-. The van der Waals surface area contributed by atoms with Crippen molar-refractivity contribution in [2.45, 2.75) is 6.54 Å². The van der Waals surface area contributed by atoms with Gasteiger partial charge in [-0.2, -0.15) is 0 Å². The molecule has 0 heterocycles. The lowest BCUT2D eigenvalue weighted by Crippen LogP contribution is -2.30. The summed E-state index contributed by atoms with van der Waals surface area (Å²) in [6.07, 6.45) is 2.30. The van der Waals surface area contributed by atoms with Gasteiger partial charge < -0.3 is 14.8 Å². The number of aldehydes is 1. The van der Waals surface area contributed by atoms with Crippen LogP contribution < -0.4 is 0 Å². The molecule has 0 atom stereocenters. The van der Waals surface area contributed by atoms with E-state index in [1.54, 1.807) is 0 Å². The molecule has 1 rings (SSSR count). The molecule has 0 aliphatic carbocycles. The largest absolute Gasteiger partial charge is 0.478 e. The summed E-state index contributed by atoms with van der Waals surface area (Å²) >= 11 is 0. The number of aliphatic carboxylic acids is 1. The van der Waals surface area contributed by atoms with Crippen molar-refractivity contribution in [3.05, 3.63) is 48.0 Å². The fraction of sp³-hybridized carbons (Fsp3) is 0.154. The first-order chi connectivity index (χ1) is 8.63. The quantitative estimate of drug-likeness (QED) is 0.597. The Morgan fingerprint density at radius 2 is 1.83 bits per heavy atom. The third-order valence-corrected chi connectivity index (χ3v) is 2.19. The van der Waals surface area contributed by atoms with Crippen molar-refractivity contribution in [3.63, 3.8) is 0 Å². The Morgan fingerprint density at radius 3 is 2.39 bits per heavy atom. The van der Waals surface area contributed by atoms with Crippen molar-refractivity contribution in [1.82, 2.24) is 4.90 Å². The first-order valence-electron chi connectivity index (χ1n) is 5.31. The lowest BCUT2D eigenvalue weighted by Gasteiger charge is -2.18. The van der Waals surface area contributed by atoms with Crippen LogP contribution in [0.2, 0.25) is 0 Å². The van der Waals surface area contributed by atoms with E-state index < -0.39 is 11.9 Å². The summed E-state index contributed by atoms with van der Waals surface area (Å²) in [7, 11) is 0. The average molecular weight is 247 g/mol. The second-order valence-electron chi connectivity index (χ2n) is 3.54.